The number of ether oxygens (including phenoxy) is 2. The Morgan fingerprint density at radius 1 is 1.29 bits per heavy atom. The molecule has 0 unspecified atom stereocenters. The van der Waals surface area contributed by atoms with E-state index < -0.39 is 0 Å². The number of halogens is 2. The number of rotatable bonds is 5. The summed E-state index contributed by atoms with van der Waals surface area (Å²) in [7, 11) is 0. The molecule has 0 saturated carbocycles. The molecule has 2 heterocycles. The Morgan fingerprint density at radius 2 is 1.96 bits per heavy atom. The summed E-state index contributed by atoms with van der Waals surface area (Å²) in [5.74, 6) is 1.23. The molecule has 0 aliphatic carbocycles. The van der Waals surface area contributed by atoms with E-state index in [0.29, 0.717) is 53.0 Å². The molecule has 0 atom stereocenters. The van der Waals surface area contributed by atoms with E-state index in [1.165, 1.54) is 6.08 Å². The zero-order valence-corrected chi connectivity index (χ0v) is 17.6. The summed E-state index contributed by atoms with van der Waals surface area (Å²) in [5.41, 5.74) is 1.95. The minimum atomic E-state index is -0.330. The predicted molar refractivity (Wildman–Crippen MR) is 112 cm³/mol. The highest BCUT2D eigenvalue weighted by molar-refractivity contribution is 6.34. The molecule has 1 amide bonds. The van der Waals surface area contributed by atoms with Crippen molar-refractivity contribution in [2.75, 3.05) is 18.5 Å². The molecule has 1 aromatic carbocycles. The lowest BCUT2D eigenvalue weighted by atomic mass is 10.2. The molecule has 0 spiro atoms. The first-order chi connectivity index (χ1) is 13.3. The molecule has 0 fully saturated rings. The van der Waals surface area contributed by atoms with Crippen molar-refractivity contribution in [3.8, 4) is 11.5 Å². The lowest BCUT2D eigenvalue weighted by Gasteiger charge is -2.11. The summed E-state index contributed by atoms with van der Waals surface area (Å²) in [4.78, 5) is 12.4. The van der Waals surface area contributed by atoms with Crippen LogP contribution in [0.2, 0.25) is 10.2 Å². The van der Waals surface area contributed by atoms with Crippen molar-refractivity contribution in [1.29, 1.82) is 0 Å². The van der Waals surface area contributed by atoms with Gasteiger partial charge in [-0.2, -0.15) is 5.10 Å². The van der Waals surface area contributed by atoms with Gasteiger partial charge in [-0.15, -0.1) is 0 Å². The van der Waals surface area contributed by atoms with Crippen LogP contribution in [0.3, 0.4) is 0 Å². The van der Waals surface area contributed by atoms with Crippen molar-refractivity contribution in [2.45, 2.75) is 33.7 Å². The topological polar surface area (TPSA) is 65.4 Å². The fourth-order valence-corrected chi connectivity index (χ4v) is 3.34. The molecule has 2 aromatic rings. The molecule has 28 heavy (non-hydrogen) atoms. The fourth-order valence-electron chi connectivity index (χ4n) is 2.84. The van der Waals surface area contributed by atoms with E-state index >= 15 is 0 Å². The quantitative estimate of drug-likeness (QED) is 0.689. The number of nitrogens with one attached hydrogen (secondary N) is 1. The number of fused-ring (bicyclic) bond motifs is 1. The zero-order chi connectivity index (χ0) is 20.3. The molecule has 3 rings (SSSR count). The van der Waals surface area contributed by atoms with Crippen LogP contribution < -0.4 is 14.8 Å². The van der Waals surface area contributed by atoms with Gasteiger partial charge in [-0.1, -0.05) is 37.0 Å². The third kappa shape index (κ3) is 4.80. The van der Waals surface area contributed by atoms with E-state index in [9.17, 15) is 4.79 Å². The Kier molecular flexibility index (Phi) is 6.52. The molecule has 0 radical (unpaired) electrons. The van der Waals surface area contributed by atoms with Gasteiger partial charge < -0.3 is 14.8 Å². The van der Waals surface area contributed by atoms with Crippen molar-refractivity contribution in [1.82, 2.24) is 9.78 Å². The van der Waals surface area contributed by atoms with Crippen LogP contribution in [-0.2, 0) is 11.3 Å². The lowest BCUT2D eigenvalue weighted by molar-refractivity contribution is -0.111. The molecule has 0 bridgehead atoms. The molecule has 1 aliphatic heterocycles. The first-order valence-corrected chi connectivity index (χ1v) is 9.92. The van der Waals surface area contributed by atoms with Gasteiger partial charge in [0.15, 0.2) is 11.5 Å². The van der Waals surface area contributed by atoms with E-state index in [4.69, 9.17) is 32.7 Å². The number of carbonyl (C=O) groups excluding carboxylic acids is 1. The maximum Gasteiger partial charge on any atom is 0.248 e. The Hall–Kier alpha value is -2.18. The van der Waals surface area contributed by atoms with Gasteiger partial charge in [-0.05, 0) is 18.9 Å². The summed E-state index contributed by atoms with van der Waals surface area (Å²) in [6.45, 7) is 7.89. The second-order valence-corrected chi connectivity index (χ2v) is 7.78. The maximum atomic E-state index is 12.4. The van der Waals surface area contributed by atoms with Gasteiger partial charge in [0.25, 0.3) is 0 Å². The lowest BCUT2D eigenvalue weighted by Crippen LogP contribution is -2.08. The van der Waals surface area contributed by atoms with Gasteiger partial charge in [0.2, 0.25) is 5.91 Å². The first kappa shape index (κ1) is 20.6. The number of anilines is 1. The SMILES string of the molecule is Cc1nn(CC(C)C)c(Cl)c1C=CC(=O)Nc1cc2c(cc1Cl)OCCCO2. The van der Waals surface area contributed by atoms with Crippen LogP contribution in [0.1, 0.15) is 31.5 Å². The number of nitrogens with zero attached hydrogens (tertiary/aromatic N) is 2. The minimum absolute atomic E-state index is 0.330. The van der Waals surface area contributed by atoms with Gasteiger partial charge in [0.1, 0.15) is 5.15 Å². The summed E-state index contributed by atoms with van der Waals surface area (Å²) in [6.07, 6.45) is 3.87. The largest absolute Gasteiger partial charge is 0.490 e. The van der Waals surface area contributed by atoms with E-state index in [1.807, 2.05) is 6.92 Å². The minimum Gasteiger partial charge on any atom is -0.490 e. The molecule has 1 aliphatic rings. The highest BCUT2D eigenvalue weighted by atomic mass is 35.5. The predicted octanol–water partition coefficient (Wildman–Crippen LogP) is 4.97. The fraction of sp³-hybridized carbons (Fsp3) is 0.400. The van der Waals surface area contributed by atoms with Crippen LogP contribution in [0.5, 0.6) is 11.5 Å². The van der Waals surface area contributed by atoms with E-state index in [0.717, 1.165) is 17.7 Å². The second kappa shape index (κ2) is 8.88. The standard InChI is InChI=1S/C20H23Cl2N3O3/c1-12(2)11-25-20(22)14(13(3)24-25)5-6-19(26)23-16-10-18-17(9-15(16)21)27-7-4-8-28-18/h5-6,9-10,12H,4,7-8,11H2,1-3H3,(H,23,26). The van der Waals surface area contributed by atoms with Crippen molar-refractivity contribution in [3.63, 3.8) is 0 Å². The highest BCUT2D eigenvalue weighted by Gasteiger charge is 2.16. The van der Waals surface area contributed by atoms with Gasteiger partial charge in [-0.25, -0.2) is 0 Å². The number of carbonyl (C=O) groups is 1. The Morgan fingerprint density at radius 3 is 2.64 bits per heavy atom. The van der Waals surface area contributed by atoms with Crippen LogP contribution in [0.25, 0.3) is 6.08 Å². The van der Waals surface area contributed by atoms with E-state index in [1.54, 1.807) is 22.9 Å². The molecular formula is C20H23Cl2N3O3. The molecule has 150 valence electrons. The van der Waals surface area contributed by atoms with Gasteiger partial charge in [0.05, 0.1) is 29.6 Å². The third-order valence-electron chi connectivity index (χ3n) is 4.14. The monoisotopic (exact) mass is 423 g/mol. The molecule has 1 aromatic heterocycles. The average molecular weight is 424 g/mol. The molecule has 6 nitrogen and oxygen atoms in total. The molecule has 8 heteroatoms. The first-order valence-electron chi connectivity index (χ1n) is 9.16. The van der Waals surface area contributed by atoms with Crippen molar-refractivity contribution in [3.05, 3.63) is 39.6 Å². The summed E-state index contributed by atoms with van der Waals surface area (Å²) in [6, 6.07) is 3.33. The van der Waals surface area contributed by atoms with Crippen molar-refractivity contribution in [2.24, 2.45) is 5.92 Å². The van der Waals surface area contributed by atoms with Crippen LogP contribution in [0, 0.1) is 12.8 Å². The number of hydrogen-bond donors (Lipinski definition) is 1. The van der Waals surface area contributed by atoms with Gasteiger partial charge in [-0.3, -0.25) is 9.48 Å². The molecule has 0 saturated heterocycles. The average Bonchev–Trinajstić information content (AvgIpc) is 2.78. The highest BCUT2D eigenvalue weighted by Crippen LogP contribution is 2.37. The second-order valence-electron chi connectivity index (χ2n) is 7.02. The van der Waals surface area contributed by atoms with Gasteiger partial charge >= 0.3 is 0 Å². The number of aromatic nitrogens is 2. The van der Waals surface area contributed by atoms with Crippen LogP contribution >= 0.6 is 23.2 Å². The maximum absolute atomic E-state index is 12.4. The Bertz CT molecular complexity index is 907. The Balaban J connectivity index is 1.74. The summed E-state index contributed by atoms with van der Waals surface area (Å²) in [5, 5.41) is 8.10. The molecular weight excluding hydrogens is 401 g/mol. The third-order valence-corrected chi connectivity index (χ3v) is 4.86. The van der Waals surface area contributed by atoms with Crippen molar-refractivity contribution < 1.29 is 14.3 Å². The number of amides is 1. The normalized spacial score (nSPS) is 13.8. The Labute approximate surface area is 174 Å². The number of hydrogen-bond acceptors (Lipinski definition) is 4. The van der Waals surface area contributed by atoms with E-state index in [2.05, 4.69) is 24.3 Å². The molecule has 1 N–H and O–H groups in total. The van der Waals surface area contributed by atoms with Crippen molar-refractivity contribution >= 4 is 40.9 Å². The van der Waals surface area contributed by atoms with Crippen LogP contribution in [-0.4, -0.2) is 28.9 Å². The smallest absolute Gasteiger partial charge is 0.248 e. The van der Waals surface area contributed by atoms with E-state index in [-0.39, 0.29) is 5.91 Å². The number of benzene rings is 1. The number of aryl methyl sites for hydroxylation is 1. The summed E-state index contributed by atoms with van der Waals surface area (Å²) >= 11 is 12.7. The van der Waals surface area contributed by atoms with Crippen LogP contribution in [0.4, 0.5) is 5.69 Å². The zero-order valence-electron chi connectivity index (χ0n) is 16.1. The van der Waals surface area contributed by atoms with Crippen LogP contribution in [0.15, 0.2) is 18.2 Å². The summed E-state index contributed by atoms with van der Waals surface area (Å²) < 4.78 is 13.0. The van der Waals surface area contributed by atoms with Gasteiger partial charge in [0, 0.05) is 36.7 Å².